The Kier molecular flexibility index (Phi) is 2.81. The molecule has 2 amide bonds. The van der Waals surface area contributed by atoms with E-state index in [1.807, 2.05) is 6.92 Å². The van der Waals surface area contributed by atoms with E-state index in [9.17, 15) is 9.59 Å². The lowest BCUT2D eigenvalue weighted by molar-refractivity contribution is 0.0567. The second-order valence-corrected chi connectivity index (χ2v) is 5.49. The molecule has 2 aliphatic rings. The maximum absolute atomic E-state index is 12.5. The molecular weight excluding hydrogens is 240 g/mol. The van der Waals surface area contributed by atoms with Crippen molar-refractivity contribution >= 4 is 17.5 Å². The van der Waals surface area contributed by atoms with Crippen LogP contribution in [0.15, 0.2) is 18.2 Å². The predicted molar refractivity (Wildman–Crippen MR) is 72.8 cm³/mol. The van der Waals surface area contributed by atoms with Gasteiger partial charge in [0, 0.05) is 11.7 Å². The first-order chi connectivity index (χ1) is 9.13. The first kappa shape index (κ1) is 12.2. The molecule has 1 unspecified atom stereocenters. The standard InChI is InChI=1S/C15H18N2O2/c1-2-10(8-9-6-7-9)17-14(18)11-4-3-5-12(16)13(11)15(17)19/h3-5,9-10H,2,6-8,16H2,1H3. The lowest BCUT2D eigenvalue weighted by atomic mass is 10.1. The highest BCUT2D eigenvalue weighted by Crippen LogP contribution is 2.38. The Balaban J connectivity index is 1.94. The molecule has 0 bridgehead atoms. The van der Waals surface area contributed by atoms with Crippen molar-refractivity contribution in [1.29, 1.82) is 0 Å². The maximum atomic E-state index is 12.5. The molecule has 19 heavy (non-hydrogen) atoms. The monoisotopic (exact) mass is 258 g/mol. The molecule has 4 nitrogen and oxygen atoms in total. The van der Waals surface area contributed by atoms with Crippen molar-refractivity contribution in [2.24, 2.45) is 5.92 Å². The van der Waals surface area contributed by atoms with Crippen LogP contribution in [0.5, 0.6) is 0 Å². The first-order valence-electron chi connectivity index (χ1n) is 6.89. The van der Waals surface area contributed by atoms with Crippen molar-refractivity contribution in [3.8, 4) is 0 Å². The van der Waals surface area contributed by atoms with Gasteiger partial charge < -0.3 is 5.73 Å². The molecule has 1 atom stereocenters. The van der Waals surface area contributed by atoms with Crippen LogP contribution < -0.4 is 5.73 Å². The summed E-state index contributed by atoms with van der Waals surface area (Å²) in [4.78, 5) is 26.3. The van der Waals surface area contributed by atoms with Crippen LogP contribution in [0.2, 0.25) is 0 Å². The Morgan fingerprint density at radius 1 is 1.32 bits per heavy atom. The molecule has 1 fully saturated rings. The number of hydrogen-bond acceptors (Lipinski definition) is 3. The van der Waals surface area contributed by atoms with Gasteiger partial charge in [0.1, 0.15) is 0 Å². The number of amides is 2. The lowest BCUT2D eigenvalue weighted by Gasteiger charge is -2.25. The summed E-state index contributed by atoms with van der Waals surface area (Å²) < 4.78 is 0. The molecule has 3 rings (SSSR count). The Labute approximate surface area is 112 Å². The fraction of sp³-hybridized carbons (Fsp3) is 0.467. The van der Waals surface area contributed by atoms with Crippen molar-refractivity contribution in [1.82, 2.24) is 4.90 Å². The average molecular weight is 258 g/mol. The van der Waals surface area contributed by atoms with Crippen molar-refractivity contribution in [3.05, 3.63) is 29.3 Å². The number of nitrogens with zero attached hydrogens (tertiary/aromatic N) is 1. The zero-order chi connectivity index (χ0) is 13.6. The lowest BCUT2D eigenvalue weighted by Crippen LogP contribution is -2.39. The Morgan fingerprint density at radius 2 is 2.05 bits per heavy atom. The summed E-state index contributed by atoms with van der Waals surface area (Å²) in [6, 6.07) is 5.11. The van der Waals surface area contributed by atoms with Crippen LogP contribution in [0.3, 0.4) is 0 Å². The number of carbonyl (C=O) groups is 2. The van der Waals surface area contributed by atoms with Gasteiger partial charge in [-0.15, -0.1) is 0 Å². The summed E-state index contributed by atoms with van der Waals surface area (Å²) in [6.45, 7) is 2.03. The van der Waals surface area contributed by atoms with Gasteiger partial charge in [0.25, 0.3) is 11.8 Å². The number of nitrogen functional groups attached to an aromatic ring is 1. The molecule has 1 saturated carbocycles. The summed E-state index contributed by atoms with van der Waals surface area (Å²) in [7, 11) is 0. The first-order valence-corrected chi connectivity index (χ1v) is 6.89. The Hall–Kier alpha value is -1.84. The van der Waals surface area contributed by atoms with Crippen LogP contribution >= 0.6 is 0 Å². The smallest absolute Gasteiger partial charge is 0.263 e. The second-order valence-electron chi connectivity index (χ2n) is 5.49. The van der Waals surface area contributed by atoms with Crippen LogP contribution in [-0.2, 0) is 0 Å². The van der Waals surface area contributed by atoms with Crippen LogP contribution in [0.25, 0.3) is 0 Å². The second kappa shape index (κ2) is 4.37. The number of benzene rings is 1. The summed E-state index contributed by atoms with van der Waals surface area (Å²) >= 11 is 0. The molecule has 1 aliphatic carbocycles. The molecule has 0 spiro atoms. The fourth-order valence-electron chi connectivity index (χ4n) is 2.85. The average Bonchev–Trinajstić information content (AvgIpc) is 3.17. The molecule has 4 heteroatoms. The van der Waals surface area contributed by atoms with Gasteiger partial charge in [-0.3, -0.25) is 14.5 Å². The van der Waals surface area contributed by atoms with Crippen molar-refractivity contribution in [2.75, 3.05) is 5.73 Å². The molecule has 2 N–H and O–H groups in total. The highest BCUT2D eigenvalue weighted by molar-refractivity contribution is 6.23. The van der Waals surface area contributed by atoms with E-state index in [1.165, 1.54) is 17.7 Å². The quantitative estimate of drug-likeness (QED) is 0.666. The summed E-state index contributed by atoms with van der Waals surface area (Å²) in [5.74, 6) is 0.289. The van der Waals surface area contributed by atoms with Gasteiger partial charge in [0.15, 0.2) is 0 Å². The predicted octanol–water partition coefficient (Wildman–Crippen LogP) is 2.44. The van der Waals surface area contributed by atoms with Crippen LogP contribution in [-0.4, -0.2) is 22.8 Å². The van der Waals surface area contributed by atoms with Crippen molar-refractivity contribution in [3.63, 3.8) is 0 Å². The third-order valence-corrected chi connectivity index (χ3v) is 4.12. The molecule has 1 aromatic rings. The number of rotatable bonds is 4. The maximum Gasteiger partial charge on any atom is 0.263 e. The number of anilines is 1. The van der Waals surface area contributed by atoms with E-state index < -0.39 is 0 Å². The molecule has 0 aromatic heterocycles. The van der Waals surface area contributed by atoms with Crippen LogP contribution in [0, 0.1) is 5.92 Å². The van der Waals surface area contributed by atoms with Gasteiger partial charge in [0.05, 0.1) is 11.1 Å². The zero-order valence-electron chi connectivity index (χ0n) is 11.1. The SMILES string of the molecule is CCC(CC1CC1)N1C(=O)c2cccc(N)c2C1=O. The summed E-state index contributed by atoms with van der Waals surface area (Å²) in [6.07, 6.45) is 4.19. The fourth-order valence-corrected chi connectivity index (χ4v) is 2.85. The zero-order valence-corrected chi connectivity index (χ0v) is 11.1. The number of nitrogens with two attached hydrogens (primary N) is 1. The third kappa shape index (κ3) is 1.91. The van der Waals surface area contributed by atoms with Crippen molar-refractivity contribution in [2.45, 2.75) is 38.6 Å². The van der Waals surface area contributed by atoms with Gasteiger partial charge in [-0.2, -0.15) is 0 Å². The van der Waals surface area contributed by atoms with Crippen molar-refractivity contribution < 1.29 is 9.59 Å². The van der Waals surface area contributed by atoms with E-state index in [-0.39, 0.29) is 17.9 Å². The van der Waals surface area contributed by atoms with E-state index in [2.05, 4.69) is 0 Å². The molecule has 1 aliphatic heterocycles. The summed E-state index contributed by atoms with van der Waals surface area (Å²) in [5.41, 5.74) is 7.09. The minimum absolute atomic E-state index is 0.0132. The third-order valence-electron chi connectivity index (χ3n) is 4.12. The molecule has 1 aromatic carbocycles. The number of hydrogen-bond donors (Lipinski definition) is 1. The van der Waals surface area contributed by atoms with Gasteiger partial charge in [-0.1, -0.05) is 25.8 Å². The Morgan fingerprint density at radius 3 is 2.63 bits per heavy atom. The van der Waals surface area contributed by atoms with Gasteiger partial charge in [-0.05, 0) is 30.9 Å². The largest absolute Gasteiger partial charge is 0.398 e. The topological polar surface area (TPSA) is 63.4 Å². The molecule has 100 valence electrons. The molecular formula is C15H18N2O2. The van der Waals surface area contributed by atoms with Gasteiger partial charge in [-0.25, -0.2) is 0 Å². The normalized spacial score (nSPS) is 19.7. The van der Waals surface area contributed by atoms with E-state index in [0.717, 1.165) is 12.8 Å². The number of carbonyl (C=O) groups excluding carboxylic acids is 2. The number of fused-ring (bicyclic) bond motifs is 1. The highest BCUT2D eigenvalue weighted by Gasteiger charge is 2.41. The number of imide groups is 1. The van der Waals surface area contributed by atoms with Crippen LogP contribution in [0.4, 0.5) is 5.69 Å². The van der Waals surface area contributed by atoms with E-state index in [4.69, 9.17) is 5.73 Å². The minimum Gasteiger partial charge on any atom is -0.398 e. The van der Waals surface area contributed by atoms with E-state index in [0.29, 0.717) is 22.7 Å². The van der Waals surface area contributed by atoms with Gasteiger partial charge in [0.2, 0.25) is 0 Å². The van der Waals surface area contributed by atoms with Crippen LogP contribution in [0.1, 0.15) is 53.3 Å². The molecule has 0 saturated heterocycles. The van der Waals surface area contributed by atoms with Gasteiger partial charge >= 0.3 is 0 Å². The highest BCUT2D eigenvalue weighted by atomic mass is 16.2. The molecule has 0 radical (unpaired) electrons. The molecule has 1 heterocycles. The van der Waals surface area contributed by atoms with E-state index >= 15 is 0 Å². The summed E-state index contributed by atoms with van der Waals surface area (Å²) in [5, 5.41) is 0. The Bertz CT molecular complexity index is 549. The van der Waals surface area contributed by atoms with E-state index in [1.54, 1.807) is 18.2 Å². The minimum atomic E-state index is -0.217.